The highest BCUT2D eigenvalue weighted by atomic mass is 16.7. The second kappa shape index (κ2) is 11.1. The molecule has 11 heteroatoms. The van der Waals surface area contributed by atoms with Crippen LogP contribution in [0.15, 0.2) is 12.4 Å². The molecule has 0 aliphatic carbocycles. The Hall–Kier alpha value is -2.40. The maximum Gasteiger partial charge on any atom is 0.498 e. The van der Waals surface area contributed by atoms with Crippen molar-refractivity contribution in [3.8, 4) is 0 Å². The number of anilines is 1. The van der Waals surface area contributed by atoms with E-state index in [4.69, 9.17) is 14.0 Å². The molecule has 0 saturated carbocycles. The molecule has 10 nitrogen and oxygen atoms in total. The summed E-state index contributed by atoms with van der Waals surface area (Å²) in [5, 5.41) is 5.73. The van der Waals surface area contributed by atoms with Crippen molar-refractivity contribution in [1.82, 2.24) is 20.6 Å². The second-order valence-corrected chi connectivity index (χ2v) is 12.4. The number of ether oxygens (including phenoxy) is 1. The number of amides is 2. The first-order valence-electron chi connectivity index (χ1n) is 13.3. The van der Waals surface area contributed by atoms with Crippen LogP contribution in [0.25, 0.3) is 0 Å². The predicted octanol–water partition coefficient (Wildman–Crippen LogP) is 2.66. The van der Waals surface area contributed by atoms with Crippen molar-refractivity contribution in [2.45, 2.75) is 98.0 Å². The average molecular weight is 517 g/mol. The fraction of sp³-hybridized carbons (Fsp3) is 0.769. The van der Waals surface area contributed by atoms with E-state index in [1.54, 1.807) is 33.2 Å². The zero-order chi connectivity index (χ0) is 27.6. The zero-order valence-corrected chi connectivity index (χ0v) is 23.9. The molecule has 2 saturated heterocycles. The molecule has 37 heavy (non-hydrogen) atoms. The monoisotopic (exact) mass is 517 g/mol. The van der Waals surface area contributed by atoms with Gasteiger partial charge in [-0.15, -0.1) is 0 Å². The van der Waals surface area contributed by atoms with E-state index >= 15 is 0 Å². The molecule has 3 rings (SSSR count). The van der Waals surface area contributed by atoms with Crippen molar-refractivity contribution in [3.63, 3.8) is 0 Å². The van der Waals surface area contributed by atoms with Gasteiger partial charge in [0.05, 0.1) is 11.2 Å². The van der Waals surface area contributed by atoms with Gasteiger partial charge in [0.15, 0.2) is 0 Å². The zero-order valence-electron chi connectivity index (χ0n) is 23.9. The summed E-state index contributed by atoms with van der Waals surface area (Å²) < 4.78 is 17.5. The largest absolute Gasteiger partial charge is 0.498 e. The Morgan fingerprint density at radius 3 is 2.14 bits per heavy atom. The van der Waals surface area contributed by atoms with Crippen LogP contribution in [0, 0.1) is 11.8 Å². The maximum atomic E-state index is 12.8. The molecule has 2 amide bonds. The quantitative estimate of drug-likeness (QED) is 0.531. The van der Waals surface area contributed by atoms with E-state index in [-0.39, 0.29) is 11.8 Å². The molecular weight excluding hydrogens is 473 g/mol. The number of nitrogens with one attached hydrogen (secondary N) is 2. The molecule has 3 heterocycles. The van der Waals surface area contributed by atoms with Gasteiger partial charge in [0, 0.05) is 37.5 Å². The topological polar surface area (TPSA) is 115 Å². The van der Waals surface area contributed by atoms with Gasteiger partial charge in [-0.25, -0.2) is 14.8 Å². The van der Waals surface area contributed by atoms with Gasteiger partial charge in [0.1, 0.15) is 11.6 Å². The highest BCUT2D eigenvalue weighted by Gasteiger charge is 2.52. The second-order valence-electron chi connectivity index (χ2n) is 12.4. The molecule has 0 radical (unpaired) electrons. The number of aromatic nitrogens is 2. The molecule has 206 valence electrons. The third-order valence-electron chi connectivity index (χ3n) is 7.27. The van der Waals surface area contributed by atoms with Gasteiger partial charge >= 0.3 is 13.2 Å². The van der Waals surface area contributed by atoms with Crippen molar-refractivity contribution in [2.75, 3.05) is 24.5 Å². The number of rotatable bonds is 7. The summed E-state index contributed by atoms with van der Waals surface area (Å²) in [6.45, 7) is 19.5. The van der Waals surface area contributed by atoms with E-state index in [0.29, 0.717) is 18.4 Å². The molecule has 1 aromatic rings. The minimum absolute atomic E-state index is 0.0633. The number of nitrogens with zero attached hydrogens (tertiary/aromatic N) is 3. The predicted molar refractivity (Wildman–Crippen MR) is 144 cm³/mol. The van der Waals surface area contributed by atoms with Crippen molar-refractivity contribution in [2.24, 2.45) is 11.8 Å². The first kappa shape index (κ1) is 29.2. The smallest absolute Gasteiger partial charge is 0.444 e. The maximum absolute atomic E-state index is 12.8. The van der Waals surface area contributed by atoms with Gasteiger partial charge in [-0.05, 0) is 73.1 Å². The molecule has 0 bridgehead atoms. The first-order valence-corrected chi connectivity index (χ1v) is 13.3. The van der Waals surface area contributed by atoms with Crippen LogP contribution in [0.1, 0.15) is 75.2 Å². The highest BCUT2D eigenvalue weighted by Crippen LogP contribution is 2.36. The lowest BCUT2D eigenvalue weighted by molar-refractivity contribution is -0.124. The Morgan fingerprint density at radius 2 is 1.65 bits per heavy atom. The van der Waals surface area contributed by atoms with Gasteiger partial charge in [-0.1, -0.05) is 13.8 Å². The van der Waals surface area contributed by atoms with E-state index < -0.39 is 36.1 Å². The number of hydrogen-bond acceptors (Lipinski definition) is 8. The van der Waals surface area contributed by atoms with E-state index in [1.165, 1.54) is 0 Å². The SMILES string of the molecule is CC(C)C(NC(=O)OC(C)(C)C)C(=O)NCC1CCN(c2ncc(B3OC(C)(C)C(C)(C)O3)cn2)CC1. The van der Waals surface area contributed by atoms with Crippen LogP contribution in [0.5, 0.6) is 0 Å². The molecule has 0 spiro atoms. The van der Waals surface area contributed by atoms with Gasteiger partial charge in [0.2, 0.25) is 11.9 Å². The summed E-state index contributed by atoms with van der Waals surface area (Å²) in [6, 6.07) is -0.647. The fourth-order valence-electron chi connectivity index (χ4n) is 4.26. The number of carbonyl (C=O) groups is 2. The molecule has 0 aromatic carbocycles. The fourth-order valence-corrected chi connectivity index (χ4v) is 4.26. The molecule has 2 aliphatic heterocycles. The lowest BCUT2D eigenvalue weighted by Crippen LogP contribution is -2.52. The van der Waals surface area contributed by atoms with Crippen molar-refractivity contribution < 1.29 is 23.6 Å². The van der Waals surface area contributed by atoms with Crippen LogP contribution in [-0.2, 0) is 18.8 Å². The minimum Gasteiger partial charge on any atom is -0.444 e. The van der Waals surface area contributed by atoms with Crippen LogP contribution in [0.4, 0.5) is 10.7 Å². The molecule has 2 fully saturated rings. The lowest BCUT2D eigenvalue weighted by Gasteiger charge is -2.32. The molecule has 2 aliphatic rings. The summed E-state index contributed by atoms with van der Waals surface area (Å²) in [5.74, 6) is 0.777. The third kappa shape index (κ3) is 7.57. The molecular formula is C26H44BN5O5. The summed E-state index contributed by atoms with van der Waals surface area (Å²) in [5.41, 5.74) is -0.630. The average Bonchev–Trinajstić information content (AvgIpc) is 3.01. The number of alkyl carbamates (subject to hydrolysis) is 1. The third-order valence-corrected chi connectivity index (χ3v) is 7.27. The van der Waals surface area contributed by atoms with Crippen molar-refractivity contribution in [3.05, 3.63) is 12.4 Å². The Kier molecular flexibility index (Phi) is 8.79. The molecule has 1 unspecified atom stereocenters. The minimum atomic E-state index is -0.647. The Bertz CT molecular complexity index is 924. The molecule has 1 aromatic heterocycles. The number of piperidine rings is 1. The normalized spacial score (nSPS) is 20.6. The van der Waals surface area contributed by atoms with E-state index in [0.717, 1.165) is 31.4 Å². The Labute approximate surface area is 221 Å². The van der Waals surface area contributed by atoms with Crippen LogP contribution in [-0.4, -0.2) is 71.6 Å². The summed E-state index contributed by atoms with van der Waals surface area (Å²) in [7, 11) is -0.479. The number of hydrogen-bond donors (Lipinski definition) is 2. The molecule has 2 N–H and O–H groups in total. The molecule has 1 atom stereocenters. The Balaban J connectivity index is 1.46. The Morgan fingerprint density at radius 1 is 1.11 bits per heavy atom. The van der Waals surface area contributed by atoms with Gasteiger partial charge in [-0.2, -0.15) is 0 Å². The first-order chi connectivity index (χ1) is 17.1. The standard InChI is InChI=1S/C26H44BN5O5/c1-17(2)20(31-23(34)35-24(3,4)5)21(33)28-14-18-10-12-32(13-11-18)22-29-15-19(16-30-22)27-36-25(6,7)26(8,9)37-27/h15-18,20H,10-14H2,1-9H3,(H,28,33)(H,31,34). The lowest BCUT2D eigenvalue weighted by atomic mass is 9.81. The van der Waals surface area contributed by atoms with Gasteiger partial charge in [-0.3, -0.25) is 4.79 Å². The van der Waals surface area contributed by atoms with Gasteiger partial charge in [0.25, 0.3) is 0 Å². The van der Waals surface area contributed by atoms with Crippen molar-refractivity contribution in [1.29, 1.82) is 0 Å². The van der Waals surface area contributed by atoms with Gasteiger partial charge < -0.3 is 29.6 Å². The summed E-state index contributed by atoms with van der Waals surface area (Å²) >= 11 is 0. The highest BCUT2D eigenvalue weighted by molar-refractivity contribution is 6.61. The summed E-state index contributed by atoms with van der Waals surface area (Å²) in [6.07, 6.45) is 4.79. The van der Waals surface area contributed by atoms with Crippen LogP contribution in [0.2, 0.25) is 0 Å². The van der Waals surface area contributed by atoms with E-state index in [2.05, 4.69) is 25.5 Å². The van der Waals surface area contributed by atoms with E-state index in [1.807, 2.05) is 41.5 Å². The number of carbonyl (C=O) groups excluding carboxylic acids is 2. The van der Waals surface area contributed by atoms with Crippen LogP contribution >= 0.6 is 0 Å². The van der Waals surface area contributed by atoms with Crippen LogP contribution in [0.3, 0.4) is 0 Å². The van der Waals surface area contributed by atoms with Crippen LogP contribution < -0.4 is 21.0 Å². The summed E-state index contributed by atoms with van der Waals surface area (Å²) in [4.78, 5) is 36.3. The van der Waals surface area contributed by atoms with E-state index in [9.17, 15) is 9.59 Å². The van der Waals surface area contributed by atoms with Crippen molar-refractivity contribution >= 4 is 30.5 Å².